The number of nitrogens with zero attached hydrogens (tertiary/aromatic N) is 8. The summed E-state index contributed by atoms with van der Waals surface area (Å²) in [4.78, 5) is 17.7. The number of anilines is 1. The average molecular weight is 398 g/mol. The number of aromatic nitrogens is 5. The predicted octanol–water partition coefficient (Wildman–Crippen LogP) is 0.156. The standard InChI is InChI=1S/C18H26N10O/c1-19-18(28-8-6-27(7-9-28)12-14-3-10-29-25-14)21-5-4-20-16-15-11-24-26(2)17(15)23-13-22-16/h3,10-11,13H,4-9,12H2,1-2H3,(H,19,21)(H,20,22,23). The summed E-state index contributed by atoms with van der Waals surface area (Å²) in [5.74, 6) is 1.71. The van der Waals surface area contributed by atoms with Crippen LogP contribution in [0, 0.1) is 0 Å². The third kappa shape index (κ3) is 4.45. The highest BCUT2D eigenvalue weighted by atomic mass is 16.5. The second-order valence-corrected chi connectivity index (χ2v) is 6.88. The van der Waals surface area contributed by atoms with Crippen LogP contribution >= 0.6 is 0 Å². The molecule has 0 atom stereocenters. The molecular formula is C18H26N10O. The number of nitrogens with one attached hydrogen (secondary N) is 2. The Morgan fingerprint density at radius 3 is 2.83 bits per heavy atom. The molecule has 0 bridgehead atoms. The van der Waals surface area contributed by atoms with E-state index in [-0.39, 0.29) is 0 Å². The van der Waals surface area contributed by atoms with Crippen LogP contribution in [-0.2, 0) is 13.6 Å². The van der Waals surface area contributed by atoms with Gasteiger partial charge < -0.3 is 20.1 Å². The first-order chi connectivity index (χ1) is 14.2. The summed E-state index contributed by atoms with van der Waals surface area (Å²) < 4.78 is 6.65. The number of aliphatic imine (C=N–C) groups is 1. The zero-order chi connectivity index (χ0) is 20.1. The van der Waals surface area contributed by atoms with E-state index in [1.165, 1.54) is 0 Å². The molecule has 154 valence electrons. The van der Waals surface area contributed by atoms with Gasteiger partial charge in [-0.2, -0.15) is 5.10 Å². The summed E-state index contributed by atoms with van der Waals surface area (Å²) in [6.07, 6.45) is 4.95. The maximum absolute atomic E-state index is 4.91. The minimum Gasteiger partial charge on any atom is -0.368 e. The summed E-state index contributed by atoms with van der Waals surface area (Å²) in [5, 5.41) is 15.9. The van der Waals surface area contributed by atoms with Crippen LogP contribution < -0.4 is 10.6 Å². The minimum atomic E-state index is 0.714. The molecule has 11 heteroatoms. The van der Waals surface area contributed by atoms with Crippen LogP contribution in [-0.4, -0.2) is 87.0 Å². The highest BCUT2D eigenvalue weighted by Crippen LogP contribution is 2.17. The molecular weight excluding hydrogens is 372 g/mol. The van der Waals surface area contributed by atoms with Gasteiger partial charge in [0.1, 0.15) is 18.4 Å². The van der Waals surface area contributed by atoms with Crippen molar-refractivity contribution in [1.82, 2.24) is 40.0 Å². The zero-order valence-electron chi connectivity index (χ0n) is 16.7. The lowest BCUT2D eigenvalue weighted by Crippen LogP contribution is -2.52. The second-order valence-electron chi connectivity index (χ2n) is 6.88. The van der Waals surface area contributed by atoms with Crippen LogP contribution in [0.25, 0.3) is 11.0 Å². The van der Waals surface area contributed by atoms with Gasteiger partial charge in [0.25, 0.3) is 0 Å². The lowest BCUT2D eigenvalue weighted by Gasteiger charge is -2.36. The molecule has 0 unspecified atom stereocenters. The van der Waals surface area contributed by atoms with E-state index in [1.54, 1.807) is 23.5 Å². The second kappa shape index (κ2) is 8.86. The summed E-state index contributed by atoms with van der Waals surface area (Å²) in [7, 11) is 3.69. The Hall–Kier alpha value is -3.21. The lowest BCUT2D eigenvalue weighted by molar-refractivity contribution is 0.169. The number of hydrogen-bond donors (Lipinski definition) is 2. The van der Waals surface area contributed by atoms with Crippen molar-refractivity contribution >= 4 is 22.8 Å². The van der Waals surface area contributed by atoms with Crippen molar-refractivity contribution < 1.29 is 4.52 Å². The van der Waals surface area contributed by atoms with Crippen LogP contribution in [0.4, 0.5) is 5.82 Å². The summed E-state index contributed by atoms with van der Waals surface area (Å²) in [6.45, 7) is 6.05. The van der Waals surface area contributed by atoms with Gasteiger partial charge in [-0.25, -0.2) is 9.97 Å². The monoisotopic (exact) mass is 398 g/mol. The van der Waals surface area contributed by atoms with E-state index in [9.17, 15) is 0 Å². The van der Waals surface area contributed by atoms with Gasteiger partial charge >= 0.3 is 0 Å². The molecule has 1 fully saturated rings. The van der Waals surface area contributed by atoms with E-state index in [4.69, 9.17) is 4.52 Å². The third-order valence-corrected chi connectivity index (χ3v) is 4.99. The van der Waals surface area contributed by atoms with E-state index in [2.05, 4.69) is 45.6 Å². The van der Waals surface area contributed by atoms with Crippen LogP contribution in [0.5, 0.6) is 0 Å². The van der Waals surface area contributed by atoms with Gasteiger partial charge in [0.05, 0.1) is 17.3 Å². The molecule has 0 saturated carbocycles. The molecule has 3 aromatic heterocycles. The van der Waals surface area contributed by atoms with E-state index in [0.29, 0.717) is 6.54 Å². The molecule has 29 heavy (non-hydrogen) atoms. The Labute approximate surface area is 168 Å². The van der Waals surface area contributed by atoms with E-state index in [1.807, 2.05) is 20.2 Å². The van der Waals surface area contributed by atoms with Crippen LogP contribution in [0.3, 0.4) is 0 Å². The Kier molecular flexibility index (Phi) is 5.84. The van der Waals surface area contributed by atoms with Gasteiger partial charge in [-0.1, -0.05) is 5.16 Å². The average Bonchev–Trinajstić information content (AvgIpc) is 3.39. The molecule has 0 aromatic carbocycles. The van der Waals surface area contributed by atoms with E-state index < -0.39 is 0 Å². The number of guanidine groups is 1. The fraction of sp³-hybridized carbons (Fsp3) is 0.500. The van der Waals surface area contributed by atoms with Gasteiger partial charge in [0.2, 0.25) is 0 Å². The summed E-state index contributed by atoms with van der Waals surface area (Å²) >= 11 is 0. The zero-order valence-corrected chi connectivity index (χ0v) is 16.7. The molecule has 0 amide bonds. The van der Waals surface area contributed by atoms with Crippen molar-refractivity contribution in [3.63, 3.8) is 0 Å². The number of hydrogen-bond acceptors (Lipinski definition) is 8. The normalized spacial score (nSPS) is 15.8. The van der Waals surface area contributed by atoms with Crippen molar-refractivity contribution in [1.29, 1.82) is 0 Å². The smallest absolute Gasteiger partial charge is 0.193 e. The number of rotatable bonds is 6. The molecule has 2 N–H and O–H groups in total. The molecule has 0 radical (unpaired) electrons. The van der Waals surface area contributed by atoms with Gasteiger partial charge in [-0.05, 0) is 0 Å². The Bertz CT molecular complexity index is 943. The molecule has 0 spiro atoms. The fourth-order valence-corrected chi connectivity index (χ4v) is 3.46. The molecule has 11 nitrogen and oxygen atoms in total. The first kappa shape index (κ1) is 19.1. The Morgan fingerprint density at radius 1 is 1.21 bits per heavy atom. The summed E-state index contributed by atoms with van der Waals surface area (Å²) in [6, 6.07) is 1.91. The molecule has 0 aliphatic carbocycles. The number of aryl methyl sites for hydroxylation is 1. The van der Waals surface area contributed by atoms with E-state index in [0.717, 1.165) is 67.8 Å². The fourth-order valence-electron chi connectivity index (χ4n) is 3.46. The first-order valence-corrected chi connectivity index (χ1v) is 9.68. The number of piperazine rings is 1. The topological polar surface area (TPSA) is 113 Å². The first-order valence-electron chi connectivity index (χ1n) is 9.68. The Morgan fingerprint density at radius 2 is 2.07 bits per heavy atom. The van der Waals surface area contributed by atoms with Gasteiger partial charge in [-0.15, -0.1) is 0 Å². The third-order valence-electron chi connectivity index (χ3n) is 4.99. The van der Waals surface area contributed by atoms with Gasteiger partial charge in [0, 0.05) is 66.0 Å². The molecule has 4 rings (SSSR count). The van der Waals surface area contributed by atoms with Gasteiger partial charge in [-0.3, -0.25) is 14.6 Å². The van der Waals surface area contributed by atoms with Crippen molar-refractivity contribution in [2.24, 2.45) is 12.0 Å². The summed E-state index contributed by atoms with van der Waals surface area (Å²) in [5.41, 5.74) is 1.79. The maximum Gasteiger partial charge on any atom is 0.193 e. The van der Waals surface area contributed by atoms with Crippen LogP contribution in [0.2, 0.25) is 0 Å². The highest BCUT2D eigenvalue weighted by molar-refractivity contribution is 5.86. The largest absolute Gasteiger partial charge is 0.368 e. The van der Waals surface area contributed by atoms with Crippen molar-refractivity contribution in [3.8, 4) is 0 Å². The molecule has 4 heterocycles. The van der Waals surface area contributed by atoms with Crippen molar-refractivity contribution in [2.45, 2.75) is 6.54 Å². The van der Waals surface area contributed by atoms with Crippen LogP contribution in [0.15, 0.2) is 34.4 Å². The van der Waals surface area contributed by atoms with Crippen LogP contribution in [0.1, 0.15) is 5.69 Å². The molecule has 1 aliphatic rings. The minimum absolute atomic E-state index is 0.714. The van der Waals surface area contributed by atoms with Crippen molar-refractivity contribution in [2.75, 3.05) is 51.6 Å². The highest BCUT2D eigenvalue weighted by Gasteiger charge is 2.20. The predicted molar refractivity (Wildman–Crippen MR) is 110 cm³/mol. The van der Waals surface area contributed by atoms with Gasteiger partial charge in [0.15, 0.2) is 11.6 Å². The SMILES string of the molecule is CN=C(NCCNc1ncnc2c1cnn2C)N1CCN(Cc2ccon2)CC1. The molecule has 3 aromatic rings. The quantitative estimate of drug-likeness (QED) is 0.340. The lowest BCUT2D eigenvalue weighted by atomic mass is 10.3. The molecule has 1 aliphatic heterocycles. The Balaban J connectivity index is 1.23. The number of fused-ring (bicyclic) bond motifs is 1. The maximum atomic E-state index is 4.91. The van der Waals surface area contributed by atoms with Crippen molar-refractivity contribution in [3.05, 3.63) is 30.5 Å². The molecule has 1 saturated heterocycles. The van der Waals surface area contributed by atoms with E-state index >= 15 is 0 Å².